The molecule has 1 atom stereocenters. The second-order valence-corrected chi connectivity index (χ2v) is 16.3. The quantitative estimate of drug-likeness (QED) is 0.0501. The van der Waals surface area contributed by atoms with E-state index in [1.165, 1.54) is 89.0 Å². The molecule has 1 N–H and O–H groups in total. The molecule has 1 aliphatic heterocycles. The van der Waals surface area contributed by atoms with Crippen LogP contribution in [0.4, 0.5) is 0 Å². The molecule has 1 aromatic carbocycles. The predicted molar refractivity (Wildman–Crippen MR) is 184 cm³/mol. The van der Waals surface area contributed by atoms with Crippen LogP contribution in [-0.2, 0) is 29.3 Å². The van der Waals surface area contributed by atoms with Gasteiger partial charge in [0.05, 0.1) is 39.0 Å². The number of phosphoric ester groups is 1. The van der Waals surface area contributed by atoms with Gasteiger partial charge in [0.1, 0.15) is 13.2 Å². The number of hydrogen-bond acceptors (Lipinski definition) is 5. The highest BCUT2D eigenvalue weighted by atomic mass is 31.2. The normalized spacial score (nSPS) is 17.7. The van der Waals surface area contributed by atoms with Gasteiger partial charge in [-0.3, -0.25) is 9.05 Å². The summed E-state index contributed by atoms with van der Waals surface area (Å²) in [7, 11) is 1.87. The number of nitrogens with zero attached hydrogens (tertiary/aromatic N) is 1. The molecule has 0 aliphatic carbocycles. The van der Waals surface area contributed by atoms with Crippen molar-refractivity contribution in [2.24, 2.45) is 0 Å². The van der Waals surface area contributed by atoms with Crippen LogP contribution in [0.3, 0.4) is 0 Å². The molecule has 0 aromatic heterocycles. The van der Waals surface area contributed by atoms with E-state index in [9.17, 15) is 9.46 Å². The Balaban J connectivity index is 1.32. The second-order valence-electron chi connectivity index (χ2n) is 14.9. The molecule has 1 aromatic rings. The van der Waals surface area contributed by atoms with Crippen molar-refractivity contribution in [3.63, 3.8) is 0 Å². The largest absolute Gasteiger partial charge is 0.494 e. The first-order chi connectivity index (χ1) is 20.7. The van der Waals surface area contributed by atoms with Gasteiger partial charge in [0.15, 0.2) is 0 Å². The second kappa shape index (κ2) is 19.8. The highest BCUT2D eigenvalue weighted by Crippen LogP contribution is 2.43. The highest BCUT2D eigenvalue weighted by Gasteiger charge is 2.51. The van der Waals surface area contributed by atoms with Crippen LogP contribution in [0.2, 0.25) is 0 Å². The zero-order chi connectivity index (χ0) is 32.5. The number of unbranched alkanes of at least 4 members (excludes halogenated alkanes) is 15. The molecule has 1 unspecified atom stereocenters. The lowest BCUT2D eigenvalue weighted by atomic mass is 9.78. The predicted octanol–water partition coefficient (Wildman–Crippen LogP) is 8.61. The molecule has 254 valence electrons. The van der Waals surface area contributed by atoms with Crippen molar-refractivity contribution in [2.75, 3.05) is 40.9 Å². The third-order valence-electron chi connectivity index (χ3n) is 9.14. The van der Waals surface area contributed by atoms with Gasteiger partial charge >= 0.3 is 14.9 Å². The summed E-state index contributed by atoms with van der Waals surface area (Å²) in [6.07, 6.45) is 21.5. The average Bonchev–Trinajstić information content (AvgIpc) is 3.15. The van der Waals surface area contributed by atoms with E-state index in [1.807, 2.05) is 21.1 Å². The first-order valence-electron chi connectivity index (χ1n) is 17.6. The minimum atomic E-state index is -3.91. The SMILES string of the molecule is CC1(C)OB(c2ccc(CCCCCCCCCCCCCCCCCCOP(=O)(O)OCC[N+](C)(C)C)cc2)OC1(C)C. The Bertz CT molecular complexity index is 934. The summed E-state index contributed by atoms with van der Waals surface area (Å²) in [4.78, 5) is 9.73. The van der Waals surface area contributed by atoms with Gasteiger partial charge in [-0.1, -0.05) is 114 Å². The van der Waals surface area contributed by atoms with E-state index in [1.54, 1.807) is 0 Å². The first-order valence-corrected chi connectivity index (χ1v) is 19.1. The van der Waals surface area contributed by atoms with Gasteiger partial charge < -0.3 is 18.7 Å². The fourth-order valence-corrected chi connectivity index (χ4v) is 6.12. The molecular weight excluding hydrogens is 572 g/mol. The van der Waals surface area contributed by atoms with E-state index < -0.39 is 7.82 Å². The van der Waals surface area contributed by atoms with Crippen LogP contribution in [0.25, 0.3) is 0 Å². The van der Waals surface area contributed by atoms with E-state index >= 15 is 0 Å². The maximum absolute atomic E-state index is 11.9. The molecule has 44 heavy (non-hydrogen) atoms. The summed E-state index contributed by atoms with van der Waals surface area (Å²) in [6.45, 7) is 9.57. The van der Waals surface area contributed by atoms with Crippen LogP contribution in [0.15, 0.2) is 24.3 Å². The summed E-state index contributed by atoms with van der Waals surface area (Å²) < 4.78 is 35.0. The van der Waals surface area contributed by atoms with Gasteiger partial charge in [0.25, 0.3) is 0 Å². The Morgan fingerprint density at radius 2 is 1.05 bits per heavy atom. The molecule has 1 fully saturated rings. The van der Waals surface area contributed by atoms with Crippen LogP contribution < -0.4 is 5.46 Å². The standard InChI is InChI=1S/C35H65BNO6P/c1-34(2)35(3,4)43-36(42-34)33-27-25-32(26-28-33)24-22-20-18-16-14-12-10-8-9-11-13-15-17-19-21-23-30-40-44(38,39)41-31-29-37(5,6)7/h25-28H,8-24,29-31H2,1-7H3/p+1. The minimum absolute atomic E-state index is 0.223. The van der Waals surface area contributed by atoms with E-state index in [0.717, 1.165) is 31.1 Å². The Kier molecular flexibility index (Phi) is 17.8. The molecule has 1 heterocycles. The molecule has 7 nitrogen and oxygen atoms in total. The van der Waals surface area contributed by atoms with Gasteiger partial charge in [-0.25, -0.2) is 4.57 Å². The molecule has 2 rings (SSSR count). The van der Waals surface area contributed by atoms with E-state index in [0.29, 0.717) is 11.0 Å². The summed E-state index contributed by atoms with van der Waals surface area (Å²) >= 11 is 0. The Hall–Kier alpha value is -0.725. The third kappa shape index (κ3) is 16.7. The molecular formula is C35H66BNO6P+. The summed E-state index contributed by atoms with van der Waals surface area (Å²) in [5, 5.41) is 0. The number of aryl methyl sites for hydroxylation is 1. The number of likely N-dealkylation sites (N-methyl/N-ethyl adjacent to an activating group) is 1. The average molecular weight is 639 g/mol. The summed E-state index contributed by atoms with van der Waals surface area (Å²) in [5.41, 5.74) is 1.92. The molecule has 0 bridgehead atoms. The van der Waals surface area contributed by atoms with E-state index in [4.69, 9.17) is 18.4 Å². The van der Waals surface area contributed by atoms with Crippen molar-refractivity contribution in [3.8, 4) is 0 Å². The minimum Gasteiger partial charge on any atom is -0.399 e. The summed E-state index contributed by atoms with van der Waals surface area (Å²) in [5.74, 6) is 0. The van der Waals surface area contributed by atoms with Crippen molar-refractivity contribution < 1.29 is 32.3 Å². The van der Waals surface area contributed by atoms with Crippen LogP contribution in [0.5, 0.6) is 0 Å². The van der Waals surface area contributed by atoms with Gasteiger partial charge in [-0.2, -0.15) is 0 Å². The molecule has 1 saturated heterocycles. The van der Waals surface area contributed by atoms with Crippen molar-refractivity contribution in [1.82, 2.24) is 0 Å². The Morgan fingerprint density at radius 1 is 0.659 bits per heavy atom. The molecule has 0 radical (unpaired) electrons. The van der Waals surface area contributed by atoms with Crippen LogP contribution in [0.1, 0.15) is 136 Å². The third-order valence-corrected chi connectivity index (χ3v) is 10.2. The molecule has 0 spiro atoms. The number of rotatable bonds is 25. The lowest BCUT2D eigenvalue weighted by molar-refractivity contribution is -0.870. The smallest absolute Gasteiger partial charge is 0.399 e. The topological polar surface area (TPSA) is 74.2 Å². The number of phosphoric acid groups is 1. The summed E-state index contributed by atoms with van der Waals surface area (Å²) in [6, 6.07) is 8.81. The fourth-order valence-electron chi connectivity index (χ4n) is 5.37. The fraction of sp³-hybridized carbons (Fsp3) is 0.829. The van der Waals surface area contributed by atoms with Gasteiger partial charge in [-0.15, -0.1) is 0 Å². The molecule has 9 heteroatoms. The lowest BCUT2D eigenvalue weighted by Gasteiger charge is -2.32. The molecule has 1 aliphatic rings. The van der Waals surface area contributed by atoms with Gasteiger partial charge in [0.2, 0.25) is 0 Å². The van der Waals surface area contributed by atoms with Crippen molar-refractivity contribution in [3.05, 3.63) is 29.8 Å². The highest BCUT2D eigenvalue weighted by molar-refractivity contribution is 7.47. The molecule has 0 amide bonds. The zero-order valence-corrected chi connectivity index (χ0v) is 30.3. The van der Waals surface area contributed by atoms with Crippen LogP contribution in [-0.4, -0.2) is 68.6 Å². The number of hydrogen-bond donors (Lipinski definition) is 1. The monoisotopic (exact) mass is 638 g/mol. The zero-order valence-electron chi connectivity index (χ0n) is 29.4. The first kappa shape index (κ1) is 39.5. The number of quaternary nitrogens is 1. The Labute approximate surface area is 271 Å². The van der Waals surface area contributed by atoms with Crippen molar-refractivity contribution in [2.45, 2.75) is 148 Å². The van der Waals surface area contributed by atoms with Crippen molar-refractivity contribution in [1.29, 1.82) is 0 Å². The van der Waals surface area contributed by atoms with E-state index in [2.05, 4.69) is 52.0 Å². The Morgan fingerprint density at radius 3 is 1.48 bits per heavy atom. The van der Waals surface area contributed by atoms with Crippen molar-refractivity contribution >= 4 is 20.4 Å². The molecule has 0 saturated carbocycles. The maximum atomic E-state index is 11.9. The van der Waals surface area contributed by atoms with Gasteiger partial charge in [-0.05, 0) is 58.0 Å². The lowest BCUT2D eigenvalue weighted by Crippen LogP contribution is -2.41. The van der Waals surface area contributed by atoms with Crippen LogP contribution in [0, 0.1) is 0 Å². The van der Waals surface area contributed by atoms with Crippen LogP contribution >= 0.6 is 7.82 Å². The number of benzene rings is 1. The van der Waals surface area contributed by atoms with E-state index in [-0.39, 0.29) is 31.5 Å². The van der Waals surface area contributed by atoms with Gasteiger partial charge in [0, 0.05) is 0 Å². The maximum Gasteiger partial charge on any atom is 0.494 e.